The molecule has 0 aromatic rings. The van der Waals surface area contributed by atoms with Gasteiger partial charge in [-0.1, -0.05) is 13.0 Å². The summed E-state index contributed by atoms with van der Waals surface area (Å²) in [5.74, 6) is -0.294. The molecule has 0 amide bonds. The van der Waals surface area contributed by atoms with E-state index in [-0.39, 0.29) is 5.92 Å². The van der Waals surface area contributed by atoms with Crippen molar-refractivity contribution < 1.29 is 14.6 Å². The Morgan fingerprint density at radius 1 is 1.43 bits per heavy atom. The highest BCUT2D eigenvalue weighted by Crippen LogP contribution is 2.28. The molecule has 0 spiro atoms. The minimum atomic E-state index is -0.858. The number of rotatable bonds is 3. The highest BCUT2D eigenvalue weighted by molar-refractivity contribution is 4.89. The van der Waals surface area contributed by atoms with Crippen molar-refractivity contribution in [1.29, 1.82) is 0 Å². The summed E-state index contributed by atoms with van der Waals surface area (Å²) in [5, 5.41) is 10.1. The summed E-state index contributed by atoms with van der Waals surface area (Å²) in [6.07, 6.45) is 2.46. The van der Waals surface area contributed by atoms with E-state index in [1.54, 1.807) is 0 Å². The molecule has 1 saturated heterocycles. The van der Waals surface area contributed by atoms with Crippen molar-refractivity contribution in [3.8, 4) is 0 Å². The molecule has 82 valence electrons. The fourth-order valence-electron chi connectivity index (χ4n) is 1.50. The maximum Gasteiger partial charge on any atom is 0.163 e. The van der Waals surface area contributed by atoms with E-state index < -0.39 is 11.4 Å². The zero-order valence-electron chi connectivity index (χ0n) is 9.25. The van der Waals surface area contributed by atoms with E-state index in [1.165, 1.54) is 0 Å². The molecule has 0 aliphatic carbocycles. The SMILES string of the molecule is C=CC(C)CC1(O)COC(C)(C)OC1. The lowest BCUT2D eigenvalue weighted by Gasteiger charge is -2.41. The molecule has 1 N–H and O–H groups in total. The fourth-order valence-corrected chi connectivity index (χ4v) is 1.50. The van der Waals surface area contributed by atoms with E-state index in [1.807, 2.05) is 26.8 Å². The summed E-state index contributed by atoms with van der Waals surface area (Å²) in [6, 6.07) is 0. The molecule has 0 aromatic carbocycles. The molecule has 3 heteroatoms. The number of ether oxygens (including phenoxy) is 2. The second-order valence-electron chi connectivity index (χ2n) is 4.62. The lowest BCUT2D eigenvalue weighted by molar-refractivity contribution is -0.303. The van der Waals surface area contributed by atoms with E-state index in [9.17, 15) is 5.11 Å². The Balaban J connectivity index is 2.49. The van der Waals surface area contributed by atoms with Crippen molar-refractivity contribution >= 4 is 0 Å². The van der Waals surface area contributed by atoms with Gasteiger partial charge in [0.25, 0.3) is 0 Å². The molecular formula is C11H20O3. The number of aliphatic hydroxyl groups is 1. The molecule has 1 aliphatic heterocycles. The maximum atomic E-state index is 10.1. The molecule has 1 heterocycles. The van der Waals surface area contributed by atoms with Gasteiger partial charge in [-0.15, -0.1) is 6.58 Å². The first kappa shape index (κ1) is 11.7. The Labute approximate surface area is 85.7 Å². The highest BCUT2D eigenvalue weighted by Gasteiger charge is 2.38. The molecule has 1 aliphatic rings. The Bertz CT molecular complexity index is 201. The first-order valence-electron chi connectivity index (χ1n) is 5.00. The number of hydrogen-bond donors (Lipinski definition) is 1. The molecule has 1 atom stereocenters. The first-order chi connectivity index (χ1) is 6.37. The standard InChI is InChI=1S/C11H20O3/c1-5-9(2)6-11(12)7-13-10(3,4)14-8-11/h5,9,12H,1,6-8H2,2-4H3. The van der Waals surface area contributed by atoms with Gasteiger partial charge in [0.15, 0.2) is 5.79 Å². The summed E-state index contributed by atoms with van der Waals surface area (Å²) in [5.41, 5.74) is -0.858. The van der Waals surface area contributed by atoms with Gasteiger partial charge in [-0.3, -0.25) is 0 Å². The molecule has 1 rings (SSSR count). The molecule has 0 bridgehead atoms. The van der Waals surface area contributed by atoms with Crippen LogP contribution in [0.1, 0.15) is 27.2 Å². The van der Waals surface area contributed by atoms with Gasteiger partial charge in [0.1, 0.15) is 5.60 Å². The third-order valence-corrected chi connectivity index (χ3v) is 2.48. The zero-order chi connectivity index (χ0) is 10.8. The van der Waals surface area contributed by atoms with E-state index in [0.717, 1.165) is 0 Å². The van der Waals surface area contributed by atoms with E-state index in [2.05, 4.69) is 6.58 Å². The van der Waals surface area contributed by atoms with Crippen molar-refractivity contribution in [2.45, 2.75) is 38.6 Å². The molecule has 3 nitrogen and oxygen atoms in total. The Morgan fingerprint density at radius 2 is 1.93 bits per heavy atom. The van der Waals surface area contributed by atoms with Crippen LogP contribution in [0.3, 0.4) is 0 Å². The minimum Gasteiger partial charge on any atom is -0.385 e. The highest BCUT2D eigenvalue weighted by atomic mass is 16.7. The van der Waals surface area contributed by atoms with Crippen LogP contribution in [0.2, 0.25) is 0 Å². The minimum absolute atomic E-state index is 0.272. The molecule has 0 aromatic heterocycles. The van der Waals surface area contributed by atoms with Gasteiger partial charge in [-0.25, -0.2) is 0 Å². The van der Waals surface area contributed by atoms with Crippen molar-refractivity contribution in [3.63, 3.8) is 0 Å². The second kappa shape index (κ2) is 4.01. The summed E-state index contributed by atoms with van der Waals surface area (Å²) < 4.78 is 10.8. The smallest absolute Gasteiger partial charge is 0.163 e. The van der Waals surface area contributed by atoms with Crippen LogP contribution in [0.4, 0.5) is 0 Å². The topological polar surface area (TPSA) is 38.7 Å². The van der Waals surface area contributed by atoms with Crippen LogP contribution in [0.25, 0.3) is 0 Å². The summed E-state index contributed by atoms with van der Waals surface area (Å²) in [7, 11) is 0. The van der Waals surface area contributed by atoms with Crippen LogP contribution in [-0.2, 0) is 9.47 Å². The van der Waals surface area contributed by atoms with Crippen LogP contribution < -0.4 is 0 Å². The van der Waals surface area contributed by atoms with E-state index in [4.69, 9.17) is 9.47 Å². The predicted octanol–water partition coefficient (Wildman–Crippen LogP) is 1.71. The molecule has 0 saturated carbocycles. The quantitative estimate of drug-likeness (QED) is 0.705. The van der Waals surface area contributed by atoms with Crippen molar-refractivity contribution in [3.05, 3.63) is 12.7 Å². The molecule has 14 heavy (non-hydrogen) atoms. The van der Waals surface area contributed by atoms with Gasteiger partial charge in [0.2, 0.25) is 0 Å². The van der Waals surface area contributed by atoms with Crippen molar-refractivity contribution in [2.24, 2.45) is 5.92 Å². The van der Waals surface area contributed by atoms with Gasteiger partial charge >= 0.3 is 0 Å². The summed E-state index contributed by atoms with van der Waals surface area (Å²) >= 11 is 0. The third kappa shape index (κ3) is 3.08. The van der Waals surface area contributed by atoms with Gasteiger partial charge in [0, 0.05) is 0 Å². The predicted molar refractivity (Wildman–Crippen MR) is 54.9 cm³/mol. The molecule has 0 radical (unpaired) electrons. The lowest BCUT2D eigenvalue weighted by Crippen LogP contribution is -2.51. The number of hydrogen-bond acceptors (Lipinski definition) is 3. The molecular weight excluding hydrogens is 180 g/mol. The monoisotopic (exact) mass is 200 g/mol. The Morgan fingerprint density at radius 3 is 2.36 bits per heavy atom. The summed E-state index contributed by atoms with van der Waals surface area (Å²) in [6.45, 7) is 10.1. The maximum absolute atomic E-state index is 10.1. The van der Waals surface area contributed by atoms with Crippen LogP contribution in [0, 0.1) is 5.92 Å². The summed E-state index contributed by atoms with van der Waals surface area (Å²) in [4.78, 5) is 0. The largest absolute Gasteiger partial charge is 0.385 e. The third-order valence-electron chi connectivity index (χ3n) is 2.48. The number of allylic oxidation sites excluding steroid dienone is 1. The van der Waals surface area contributed by atoms with Crippen LogP contribution in [0.15, 0.2) is 12.7 Å². The Hall–Kier alpha value is -0.380. The van der Waals surface area contributed by atoms with Gasteiger partial charge in [-0.05, 0) is 26.2 Å². The second-order valence-corrected chi connectivity index (χ2v) is 4.62. The lowest BCUT2D eigenvalue weighted by atomic mass is 9.92. The molecule has 1 unspecified atom stereocenters. The first-order valence-corrected chi connectivity index (χ1v) is 5.00. The van der Waals surface area contributed by atoms with Crippen molar-refractivity contribution in [2.75, 3.05) is 13.2 Å². The van der Waals surface area contributed by atoms with Gasteiger partial charge in [0.05, 0.1) is 13.2 Å². The van der Waals surface area contributed by atoms with E-state index in [0.29, 0.717) is 19.6 Å². The average Bonchev–Trinajstić information content (AvgIpc) is 2.11. The average molecular weight is 200 g/mol. The normalized spacial score (nSPS) is 26.9. The van der Waals surface area contributed by atoms with Crippen LogP contribution >= 0.6 is 0 Å². The van der Waals surface area contributed by atoms with E-state index >= 15 is 0 Å². The van der Waals surface area contributed by atoms with Crippen LogP contribution in [-0.4, -0.2) is 29.7 Å². The fraction of sp³-hybridized carbons (Fsp3) is 0.818. The zero-order valence-corrected chi connectivity index (χ0v) is 9.25. The van der Waals surface area contributed by atoms with Crippen LogP contribution in [0.5, 0.6) is 0 Å². The van der Waals surface area contributed by atoms with Gasteiger partial charge < -0.3 is 14.6 Å². The van der Waals surface area contributed by atoms with Gasteiger partial charge in [-0.2, -0.15) is 0 Å². The molecule has 1 fully saturated rings. The Kier molecular flexibility index (Phi) is 3.35. The van der Waals surface area contributed by atoms with Crippen molar-refractivity contribution in [1.82, 2.24) is 0 Å².